The molecule has 1 amide bonds. The number of hydrogen-bond acceptors (Lipinski definition) is 6. The van der Waals surface area contributed by atoms with Gasteiger partial charge in [0.1, 0.15) is 22.9 Å². The van der Waals surface area contributed by atoms with Crippen LogP contribution < -0.4 is 10.1 Å². The Morgan fingerprint density at radius 1 is 1.10 bits per heavy atom. The van der Waals surface area contributed by atoms with Crippen molar-refractivity contribution in [3.63, 3.8) is 0 Å². The Morgan fingerprint density at radius 3 is 2.55 bits per heavy atom. The van der Waals surface area contributed by atoms with Gasteiger partial charge in [0.25, 0.3) is 0 Å². The quantitative estimate of drug-likeness (QED) is 0.338. The first kappa shape index (κ1) is 20.7. The van der Waals surface area contributed by atoms with Crippen molar-refractivity contribution in [2.24, 2.45) is 0 Å². The van der Waals surface area contributed by atoms with E-state index in [-0.39, 0.29) is 23.2 Å². The molecule has 4 rings (SSSR count). The van der Waals surface area contributed by atoms with Crippen LogP contribution in [0.4, 0.5) is 18.9 Å². The Morgan fingerprint density at radius 2 is 1.84 bits per heavy atom. The molecule has 11 heteroatoms. The minimum Gasteiger partial charge on any atom is -0.435 e. The maximum atomic E-state index is 13.2. The lowest BCUT2D eigenvalue weighted by atomic mass is 10.3. The number of hydrogen-bond donors (Lipinski definition) is 1. The van der Waals surface area contributed by atoms with Gasteiger partial charge in [-0.05, 0) is 48.5 Å². The fraction of sp³-hybridized carbons (Fsp3) is 0.100. The Kier molecular flexibility index (Phi) is 6.03. The van der Waals surface area contributed by atoms with Crippen molar-refractivity contribution in [2.75, 3.05) is 11.1 Å². The number of nitrogens with one attached hydrogen (secondary N) is 1. The van der Waals surface area contributed by atoms with Crippen molar-refractivity contribution in [3.8, 4) is 11.4 Å². The monoisotopic (exact) mass is 445 g/mol. The van der Waals surface area contributed by atoms with Crippen LogP contribution in [0.25, 0.3) is 16.7 Å². The highest BCUT2D eigenvalue weighted by Crippen LogP contribution is 2.26. The molecule has 0 bridgehead atoms. The van der Waals surface area contributed by atoms with Gasteiger partial charge in [0.2, 0.25) is 5.91 Å². The first-order chi connectivity index (χ1) is 15.0. The summed E-state index contributed by atoms with van der Waals surface area (Å²) in [6.45, 7) is -2.91. The van der Waals surface area contributed by atoms with Gasteiger partial charge >= 0.3 is 6.61 Å². The zero-order valence-electron chi connectivity index (χ0n) is 15.7. The largest absolute Gasteiger partial charge is 0.435 e. The molecule has 2 aromatic carbocycles. The molecule has 2 heterocycles. The van der Waals surface area contributed by atoms with E-state index in [0.29, 0.717) is 27.4 Å². The minimum absolute atomic E-state index is 0.00363. The van der Waals surface area contributed by atoms with Crippen LogP contribution in [0.2, 0.25) is 0 Å². The van der Waals surface area contributed by atoms with E-state index < -0.39 is 6.61 Å². The molecule has 0 aliphatic rings. The third kappa shape index (κ3) is 4.94. The second kappa shape index (κ2) is 9.04. The molecule has 0 saturated heterocycles. The lowest BCUT2D eigenvalue weighted by molar-refractivity contribution is -0.113. The zero-order valence-corrected chi connectivity index (χ0v) is 16.5. The summed E-state index contributed by atoms with van der Waals surface area (Å²) in [6, 6.07) is 11.4. The minimum atomic E-state index is -2.91. The third-order valence-electron chi connectivity index (χ3n) is 4.10. The number of carbonyl (C=O) groups excluding carboxylic acids is 1. The van der Waals surface area contributed by atoms with E-state index in [0.717, 1.165) is 0 Å². The van der Waals surface area contributed by atoms with Crippen molar-refractivity contribution in [1.29, 1.82) is 0 Å². The number of fused-ring (bicyclic) bond motifs is 1. The number of alkyl halides is 2. The molecule has 1 N–H and O–H groups in total. The van der Waals surface area contributed by atoms with Gasteiger partial charge in [0, 0.05) is 5.69 Å². The Bertz CT molecular complexity index is 1200. The molecule has 0 aliphatic carbocycles. The molecule has 0 unspecified atom stereocenters. The van der Waals surface area contributed by atoms with Crippen LogP contribution in [0.3, 0.4) is 0 Å². The standard InChI is InChI=1S/C20H14F3N5O2S/c21-12-1-5-14(6-2-12)28-18-16(9-26-28)19(25-11-24-18)31-10-17(29)27-13-3-7-15(8-4-13)30-20(22)23/h1-9,11,20H,10H2,(H,27,29). The molecule has 0 spiro atoms. The first-order valence-electron chi connectivity index (χ1n) is 8.92. The van der Waals surface area contributed by atoms with Crippen molar-refractivity contribution in [3.05, 3.63) is 66.9 Å². The van der Waals surface area contributed by atoms with Gasteiger partial charge in [-0.3, -0.25) is 4.79 Å². The molecule has 0 aliphatic heterocycles. The van der Waals surface area contributed by atoms with Crippen LogP contribution in [0.5, 0.6) is 5.75 Å². The van der Waals surface area contributed by atoms with Gasteiger partial charge < -0.3 is 10.1 Å². The highest BCUT2D eigenvalue weighted by atomic mass is 32.2. The number of rotatable bonds is 7. The smallest absolute Gasteiger partial charge is 0.387 e. The summed E-state index contributed by atoms with van der Waals surface area (Å²) in [7, 11) is 0. The fourth-order valence-corrected chi connectivity index (χ4v) is 3.52. The van der Waals surface area contributed by atoms with Gasteiger partial charge in [-0.2, -0.15) is 13.9 Å². The van der Waals surface area contributed by atoms with Crippen molar-refractivity contribution in [2.45, 2.75) is 11.6 Å². The number of thioether (sulfide) groups is 1. The van der Waals surface area contributed by atoms with Crippen LogP contribution in [-0.2, 0) is 4.79 Å². The molecule has 0 fully saturated rings. The van der Waals surface area contributed by atoms with Gasteiger partial charge in [-0.1, -0.05) is 11.8 Å². The highest BCUT2D eigenvalue weighted by Gasteiger charge is 2.13. The predicted molar refractivity (Wildman–Crippen MR) is 109 cm³/mol. The molecule has 0 atom stereocenters. The van der Waals surface area contributed by atoms with Gasteiger partial charge in [0.05, 0.1) is 23.0 Å². The van der Waals surface area contributed by atoms with Gasteiger partial charge in [-0.15, -0.1) is 0 Å². The van der Waals surface area contributed by atoms with Gasteiger partial charge in [-0.25, -0.2) is 19.0 Å². The second-order valence-electron chi connectivity index (χ2n) is 6.19. The Hall–Kier alpha value is -3.60. The summed E-state index contributed by atoms with van der Waals surface area (Å²) in [5, 5.41) is 8.18. The average molecular weight is 445 g/mol. The molecule has 7 nitrogen and oxygen atoms in total. The maximum absolute atomic E-state index is 13.2. The normalized spacial score (nSPS) is 11.1. The lowest BCUT2D eigenvalue weighted by Gasteiger charge is -2.07. The summed E-state index contributed by atoms with van der Waals surface area (Å²) >= 11 is 1.20. The molecule has 0 saturated carbocycles. The molecular formula is C20H14F3N5O2S. The fourth-order valence-electron chi connectivity index (χ4n) is 2.76. The van der Waals surface area contributed by atoms with Crippen LogP contribution in [0.1, 0.15) is 0 Å². The molecule has 0 radical (unpaired) electrons. The number of carbonyl (C=O) groups is 1. The van der Waals surface area contributed by atoms with E-state index in [2.05, 4.69) is 25.1 Å². The number of benzene rings is 2. The molecule has 31 heavy (non-hydrogen) atoms. The van der Waals surface area contributed by atoms with E-state index >= 15 is 0 Å². The highest BCUT2D eigenvalue weighted by molar-refractivity contribution is 8.00. The van der Waals surface area contributed by atoms with Crippen LogP contribution in [0, 0.1) is 5.82 Å². The van der Waals surface area contributed by atoms with Crippen molar-refractivity contribution >= 4 is 34.4 Å². The zero-order chi connectivity index (χ0) is 21.8. The molecule has 4 aromatic rings. The number of nitrogens with zero attached hydrogens (tertiary/aromatic N) is 4. The van der Waals surface area contributed by atoms with Gasteiger partial charge in [0.15, 0.2) is 5.65 Å². The predicted octanol–water partition coefficient (Wildman–Crippen LogP) is 4.29. The van der Waals surface area contributed by atoms with E-state index in [1.54, 1.807) is 23.0 Å². The molecular weight excluding hydrogens is 431 g/mol. The Labute approximate surface area is 178 Å². The third-order valence-corrected chi connectivity index (χ3v) is 5.11. The van der Waals surface area contributed by atoms with E-state index in [4.69, 9.17) is 0 Å². The second-order valence-corrected chi connectivity index (χ2v) is 7.15. The van der Waals surface area contributed by atoms with Crippen LogP contribution >= 0.6 is 11.8 Å². The van der Waals surface area contributed by atoms with E-state index in [1.165, 1.54) is 54.5 Å². The Balaban J connectivity index is 1.43. The average Bonchev–Trinajstić information content (AvgIpc) is 3.19. The summed E-state index contributed by atoms with van der Waals surface area (Å²) in [5.74, 6) is -0.592. The van der Waals surface area contributed by atoms with Crippen molar-refractivity contribution < 1.29 is 22.7 Å². The van der Waals surface area contributed by atoms with Crippen molar-refractivity contribution in [1.82, 2.24) is 19.7 Å². The number of anilines is 1. The number of halogens is 3. The summed E-state index contributed by atoms with van der Waals surface area (Å²) < 4.78 is 43.4. The summed E-state index contributed by atoms with van der Waals surface area (Å²) in [6.07, 6.45) is 2.95. The maximum Gasteiger partial charge on any atom is 0.387 e. The van der Waals surface area contributed by atoms with Crippen LogP contribution in [0.15, 0.2) is 66.1 Å². The van der Waals surface area contributed by atoms with Crippen LogP contribution in [-0.4, -0.2) is 38.0 Å². The molecule has 2 aromatic heterocycles. The lowest BCUT2D eigenvalue weighted by Crippen LogP contribution is -2.14. The SMILES string of the molecule is O=C(CSc1ncnc2c1cnn2-c1ccc(F)cc1)Nc1ccc(OC(F)F)cc1. The first-order valence-corrected chi connectivity index (χ1v) is 9.90. The summed E-state index contributed by atoms with van der Waals surface area (Å²) in [5.41, 5.74) is 1.62. The van der Waals surface area contributed by atoms with E-state index in [1.807, 2.05) is 0 Å². The number of amides is 1. The van der Waals surface area contributed by atoms with E-state index in [9.17, 15) is 18.0 Å². The molecule has 158 valence electrons. The summed E-state index contributed by atoms with van der Waals surface area (Å²) in [4.78, 5) is 20.7. The number of aromatic nitrogens is 4. The topological polar surface area (TPSA) is 81.9 Å². The number of ether oxygens (including phenoxy) is 1.